The van der Waals surface area contributed by atoms with Crippen molar-refractivity contribution in [2.75, 3.05) is 13.1 Å². The first-order valence-corrected chi connectivity index (χ1v) is 8.91. The highest BCUT2D eigenvalue weighted by atomic mass is 16.2. The third kappa shape index (κ3) is 3.60. The lowest BCUT2D eigenvalue weighted by molar-refractivity contribution is 0.0931. The molecule has 1 aromatic rings. The molecule has 2 fully saturated rings. The molecule has 128 valence electrons. The summed E-state index contributed by atoms with van der Waals surface area (Å²) in [6.07, 6.45) is 3.71. The molecule has 1 saturated heterocycles. The number of nitrogens with one attached hydrogen (secondary N) is 1. The maximum Gasteiger partial charge on any atom is 0.272 e. The smallest absolute Gasteiger partial charge is 0.272 e. The van der Waals surface area contributed by atoms with E-state index in [4.69, 9.17) is 0 Å². The van der Waals surface area contributed by atoms with Gasteiger partial charge in [0.05, 0.1) is 5.54 Å². The molecule has 0 radical (unpaired) electrons. The van der Waals surface area contributed by atoms with Gasteiger partial charge in [0.1, 0.15) is 5.69 Å². The largest absolute Gasteiger partial charge is 0.347 e. The molecule has 1 amide bonds. The molecular weight excluding hydrogens is 288 g/mol. The molecule has 2 heterocycles. The predicted molar refractivity (Wildman–Crippen MR) is 91.8 cm³/mol. The lowest BCUT2D eigenvalue weighted by Crippen LogP contribution is -2.37. The fourth-order valence-electron chi connectivity index (χ4n) is 3.39. The van der Waals surface area contributed by atoms with Crippen LogP contribution >= 0.6 is 0 Å². The Morgan fingerprint density at radius 3 is 2.52 bits per heavy atom. The van der Waals surface area contributed by atoms with Gasteiger partial charge in [-0.05, 0) is 52.0 Å². The fraction of sp³-hybridized carbons (Fsp3) is 0.778. The molecule has 0 aromatic carbocycles. The van der Waals surface area contributed by atoms with E-state index in [1.807, 2.05) is 10.7 Å². The third-order valence-electron chi connectivity index (χ3n) is 4.81. The Morgan fingerprint density at radius 1 is 1.30 bits per heavy atom. The van der Waals surface area contributed by atoms with Gasteiger partial charge in [0.15, 0.2) is 0 Å². The second kappa shape index (κ2) is 5.93. The van der Waals surface area contributed by atoms with E-state index in [2.05, 4.69) is 49.9 Å². The van der Waals surface area contributed by atoms with E-state index in [-0.39, 0.29) is 17.5 Å². The van der Waals surface area contributed by atoms with E-state index in [9.17, 15) is 4.79 Å². The zero-order valence-corrected chi connectivity index (χ0v) is 15.1. The summed E-state index contributed by atoms with van der Waals surface area (Å²) < 4.78 is 2.00. The van der Waals surface area contributed by atoms with E-state index < -0.39 is 0 Å². The number of amides is 1. The molecule has 3 rings (SSSR count). The van der Waals surface area contributed by atoms with Gasteiger partial charge in [0.25, 0.3) is 5.91 Å². The van der Waals surface area contributed by atoms with Crippen LogP contribution in [-0.4, -0.2) is 45.8 Å². The Kier molecular flexibility index (Phi) is 4.25. The lowest BCUT2D eigenvalue weighted by atomic mass is 10.1. The molecule has 0 spiro atoms. The number of carbonyl (C=O) groups excluding carboxylic acids is 1. The molecule has 1 aliphatic carbocycles. The molecule has 2 aliphatic rings. The molecule has 1 aromatic heterocycles. The van der Waals surface area contributed by atoms with Crippen LogP contribution in [0.15, 0.2) is 6.07 Å². The minimum Gasteiger partial charge on any atom is -0.347 e. The average Bonchev–Trinajstić information content (AvgIpc) is 3.01. The second-order valence-electron chi connectivity index (χ2n) is 8.38. The molecule has 23 heavy (non-hydrogen) atoms. The summed E-state index contributed by atoms with van der Waals surface area (Å²) >= 11 is 0. The van der Waals surface area contributed by atoms with Gasteiger partial charge in [-0.2, -0.15) is 5.10 Å². The van der Waals surface area contributed by atoms with Crippen molar-refractivity contribution in [2.24, 2.45) is 0 Å². The van der Waals surface area contributed by atoms with Gasteiger partial charge in [-0.1, -0.05) is 13.8 Å². The number of rotatable bonds is 4. The van der Waals surface area contributed by atoms with E-state index in [1.165, 1.54) is 12.8 Å². The van der Waals surface area contributed by atoms with Crippen LogP contribution in [0.3, 0.4) is 0 Å². The van der Waals surface area contributed by atoms with E-state index >= 15 is 0 Å². The molecule has 1 aliphatic heterocycles. The lowest BCUT2D eigenvalue weighted by Gasteiger charge is -2.23. The van der Waals surface area contributed by atoms with Gasteiger partial charge in [-0.3, -0.25) is 14.4 Å². The van der Waals surface area contributed by atoms with Gasteiger partial charge < -0.3 is 5.32 Å². The van der Waals surface area contributed by atoms with Crippen LogP contribution in [0.2, 0.25) is 0 Å². The number of likely N-dealkylation sites (tertiary alicyclic amines) is 1. The molecule has 5 heteroatoms. The number of hydrogen-bond donors (Lipinski definition) is 1. The van der Waals surface area contributed by atoms with Crippen molar-refractivity contribution in [3.63, 3.8) is 0 Å². The summed E-state index contributed by atoms with van der Waals surface area (Å²) in [5, 5.41) is 7.78. The van der Waals surface area contributed by atoms with Crippen molar-refractivity contribution in [2.45, 2.75) is 77.4 Å². The van der Waals surface area contributed by atoms with Crippen molar-refractivity contribution in [1.82, 2.24) is 20.0 Å². The van der Waals surface area contributed by atoms with Crippen molar-refractivity contribution >= 4 is 5.91 Å². The third-order valence-corrected chi connectivity index (χ3v) is 4.81. The predicted octanol–water partition coefficient (Wildman–Crippen LogP) is 2.73. The first-order valence-electron chi connectivity index (χ1n) is 8.91. The zero-order chi connectivity index (χ0) is 16.8. The normalized spacial score (nSPS) is 22.8. The van der Waals surface area contributed by atoms with Crippen LogP contribution in [0, 0.1) is 0 Å². The highest BCUT2D eigenvalue weighted by Gasteiger charge is 2.35. The molecular formula is C18H30N4O. The minimum absolute atomic E-state index is 0.0300. The van der Waals surface area contributed by atoms with Crippen LogP contribution < -0.4 is 5.32 Å². The zero-order valence-electron chi connectivity index (χ0n) is 15.1. The quantitative estimate of drug-likeness (QED) is 0.928. The maximum absolute atomic E-state index is 12.6. The van der Waals surface area contributed by atoms with Crippen LogP contribution in [0.4, 0.5) is 0 Å². The van der Waals surface area contributed by atoms with E-state index in [0.29, 0.717) is 11.6 Å². The van der Waals surface area contributed by atoms with Gasteiger partial charge in [0, 0.05) is 30.9 Å². The average molecular weight is 318 g/mol. The molecule has 1 unspecified atom stereocenters. The molecule has 1 atom stereocenters. The van der Waals surface area contributed by atoms with E-state index in [0.717, 1.165) is 31.2 Å². The van der Waals surface area contributed by atoms with Crippen molar-refractivity contribution < 1.29 is 4.79 Å². The first kappa shape index (κ1) is 16.5. The number of aromatic nitrogens is 2. The van der Waals surface area contributed by atoms with Gasteiger partial charge in [-0.15, -0.1) is 0 Å². The Hall–Kier alpha value is -1.36. The number of carbonyl (C=O) groups is 1. The molecule has 5 nitrogen and oxygen atoms in total. The van der Waals surface area contributed by atoms with E-state index in [1.54, 1.807) is 0 Å². The van der Waals surface area contributed by atoms with Gasteiger partial charge in [0.2, 0.25) is 0 Å². The first-order chi connectivity index (χ1) is 10.8. The Bertz CT molecular complexity index is 580. The second-order valence-corrected chi connectivity index (χ2v) is 8.38. The SMILES string of the molecule is CC(C)c1cc(C(=O)NC2CCN(C3CC3)C2)nn1C(C)(C)C. The van der Waals surface area contributed by atoms with Crippen LogP contribution in [0.25, 0.3) is 0 Å². The standard InChI is InChI=1S/C18H30N4O/c1-12(2)16-10-15(20-22(16)18(3,4)5)17(23)19-13-8-9-21(11-13)14-6-7-14/h10,12-14H,6-9,11H2,1-5H3,(H,19,23). The highest BCUT2D eigenvalue weighted by Crippen LogP contribution is 2.30. The van der Waals surface area contributed by atoms with Crippen LogP contribution in [0.5, 0.6) is 0 Å². The fourth-order valence-corrected chi connectivity index (χ4v) is 3.39. The van der Waals surface area contributed by atoms with Crippen molar-refractivity contribution in [3.05, 3.63) is 17.5 Å². The van der Waals surface area contributed by atoms with Crippen molar-refractivity contribution in [1.29, 1.82) is 0 Å². The van der Waals surface area contributed by atoms with Crippen LogP contribution in [-0.2, 0) is 5.54 Å². The summed E-state index contributed by atoms with van der Waals surface area (Å²) in [4.78, 5) is 15.1. The summed E-state index contributed by atoms with van der Waals surface area (Å²) in [5.74, 6) is 0.317. The minimum atomic E-state index is -0.117. The Morgan fingerprint density at radius 2 is 2.00 bits per heavy atom. The molecule has 1 N–H and O–H groups in total. The van der Waals surface area contributed by atoms with Crippen molar-refractivity contribution in [3.8, 4) is 0 Å². The molecule has 0 bridgehead atoms. The number of hydrogen-bond acceptors (Lipinski definition) is 3. The summed E-state index contributed by atoms with van der Waals surface area (Å²) in [6, 6.07) is 3.01. The van der Waals surface area contributed by atoms with Gasteiger partial charge >= 0.3 is 0 Å². The summed E-state index contributed by atoms with van der Waals surface area (Å²) in [5.41, 5.74) is 1.55. The monoisotopic (exact) mass is 318 g/mol. The Balaban J connectivity index is 1.69. The summed E-state index contributed by atoms with van der Waals surface area (Å²) in [6.45, 7) is 12.8. The Labute approximate surface area is 139 Å². The van der Waals surface area contributed by atoms with Gasteiger partial charge in [-0.25, -0.2) is 0 Å². The highest BCUT2D eigenvalue weighted by molar-refractivity contribution is 5.92. The maximum atomic E-state index is 12.6. The summed E-state index contributed by atoms with van der Waals surface area (Å²) in [7, 11) is 0. The number of nitrogens with zero attached hydrogens (tertiary/aromatic N) is 3. The van der Waals surface area contributed by atoms with Crippen LogP contribution in [0.1, 0.15) is 76.0 Å². The molecule has 1 saturated carbocycles. The topological polar surface area (TPSA) is 50.2 Å².